The van der Waals surface area contributed by atoms with E-state index in [9.17, 15) is 9.59 Å². The molecule has 21 heavy (non-hydrogen) atoms. The van der Waals surface area contributed by atoms with E-state index in [4.69, 9.17) is 5.73 Å². The molecule has 6 heteroatoms. The van der Waals surface area contributed by atoms with Crippen LogP contribution in [0.1, 0.15) is 28.8 Å². The number of halogens is 1. The Bertz CT molecular complexity index is 542. The molecule has 3 N–H and O–H groups in total. The van der Waals surface area contributed by atoms with Gasteiger partial charge in [0.15, 0.2) is 0 Å². The van der Waals surface area contributed by atoms with Gasteiger partial charge in [0.25, 0.3) is 5.91 Å². The maximum absolute atomic E-state index is 12.8. The SMILES string of the molecule is Cc1ccc(C(=O)N(CC(N)=O)C2CCNCC2)c(Br)c1. The van der Waals surface area contributed by atoms with Gasteiger partial charge in [-0.25, -0.2) is 0 Å². The number of nitrogens with one attached hydrogen (secondary N) is 1. The summed E-state index contributed by atoms with van der Waals surface area (Å²) in [6.07, 6.45) is 1.67. The molecule has 1 aliphatic rings. The maximum atomic E-state index is 12.8. The van der Waals surface area contributed by atoms with Gasteiger partial charge in [-0.05, 0) is 66.5 Å². The highest BCUT2D eigenvalue weighted by Crippen LogP contribution is 2.22. The molecule has 2 rings (SSSR count). The molecule has 0 aromatic heterocycles. The minimum absolute atomic E-state index is 0.0379. The fraction of sp³-hybridized carbons (Fsp3) is 0.467. The number of rotatable bonds is 4. The Morgan fingerprint density at radius 1 is 1.38 bits per heavy atom. The van der Waals surface area contributed by atoms with E-state index in [0.29, 0.717) is 5.56 Å². The van der Waals surface area contributed by atoms with Crippen LogP contribution in [0, 0.1) is 6.92 Å². The third kappa shape index (κ3) is 4.04. The number of nitrogens with zero attached hydrogens (tertiary/aromatic N) is 1. The van der Waals surface area contributed by atoms with E-state index in [-0.39, 0.29) is 18.5 Å². The highest BCUT2D eigenvalue weighted by atomic mass is 79.9. The number of piperidine rings is 1. The van der Waals surface area contributed by atoms with Gasteiger partial charge < -0.3 is 16.0 Å². The number of carbonyl (C=O) groups is 2. The second-order valence-electron chi connectivity index (χ2n) is 5.36. The van der Waals surface area contributed by atoms with Crippen molar-refractivity contribution >= 4 is 27.7 Å². The molecule has 0 saturated carbocycles. The molecule has 0 bridgehead atoms. The average molecular weight is 354 g/mol. The second kappa shape index (κ2) is 7.04. The van der Waals surface area contributed by atoms with Crippen LogP contribution in [0.2, 0.25) is 0 Å². The fourth-order valence-electron chi connectivity index (χ4n) is 2.60. The third-order valence-electron chi connectivity index (χ3n) is 3.69. The zero-order valence-corrected chi connectivity index (χ0v) is 13.6. The Morgan fingerprint density at radius 2 is 2.05 bits per heavy atom. The Hall–Kier alpha value is -1.40. The number of hydrogen-bond donors (Lipinski definition) is 2. The first-order valence-electron chi connectivity index (χ1n) is 7.05. The molecule has 0 spiro atoms. The van der Waals surface area contributed by atoms with Crippen LogP contribution in [-0.2, 0) is 4.79 Å². The van der Waals surface area contributed by atoms with E-state index in [1.807, 2.05) is 19.1 Å². The van der Waals surface area contributed by atoms with Crippen molar-refractivity contribution in [1.29, 1.82) is 0 Å². The zero-order valence-electron chi connectivity index (χ0n) is 12.1. The van der Waals surface area contributed by atoms with Crippen molar-refractivity contribution in [3.63, 3.8) is 0 Å². The largest absolute Gasteiger partial charge is 0.368 e. The number of carbonyl (C=O) groups excluding carboxylic acids is 2. The number of nitrogens with two attached hydrogens (primary N) is 1. The summed E-state index contributed by atoms with van der Waals surface area (Å²) in [5, 5.41) is 3.26. The van der Waals surface area contributed by atoms with Crippen molar-refractivity contribution in [2.24, 2.45) is 5.73 Å². The van der Waals surface area contributed by atoms with Gasteiger partial charge in [-0.15, -0.1) is 0 Å². The maximum Gasteiger partial charge on any atom is 0.255 e. The molecule has 1 saturated heterocycles. The van der Waals surface area contributed by atoms with E-state index >= 15 is 0 Å². The minimum Gasteiger partial charge on any atom is -0.368 e. The molecule has 1 aliphatic heterocycles. The third-order valence-corrected chi connectivity index (χ3v) is 4.35. The minimum atomic E-state index is -0.481. The summed E-state index contributed by atoms with van der Waals surface area (Å²) < 4.78 is 0.746. The predicted octanol–water partition coefficient (Wildman–Crippen LogP) is 1.44. The standard InChI is InChI=1S/C15H20BrN3O2/c1-10-2-3-12(13(16)8-10)15(21)19(9-14(17)20)11-4-6-18-7-5-11/h2-3,8,11,18H,4-7,9H2,1H3,(H2,17,20). The van der Waals surface area contributed by atoms with E-state index in [0.717, 1.165) is 36.0 Å². The molecule has 114 valence electrons. The van der Waals surface area contributed by atoms with Crippen molar-refractivity contribution in [2.45, 2.75) is 25.8 Å². The quantitative estimate of drug-likeness (QED) is 0.859. The van der Waals surface area contributed by atoms with Crippen LogP contribution in [0.25, 0.3) is 0 Å². The predicted molar refractivity (Wildman–Crippen MR) is 85.0 cm³/mol. The molecular weight excluding hydrogens is 334 g/mol. The Kier molecular flexibility index (Phi) is 5.36. The molecule has 1 aromatic rings. The van der Waals surface area contributed by atoms with Gasteiger partial charge in [0.2, 0.25) is 5.91 Å². The van der Waals surface area contributed by atoms with Crippen molar-refractivity contribution in [1.82, 2.24) is 10.2 Å². The molecule has 1 fully saturated rings. The normalized spacial score (nSPS) is 15.7. The van der Waals surface area contributed by atoms with Crippen molar-refractivity contribution < 1.29 is 9.59 Å². The monoisotopic (exact) mass is 353 g/mol. The number of benzene rings is 1. The topological polar surface area (TPSA) is 75.4 Å². The molecule has 5 nitrogen and oxygen atoms in total. The van der Waals surface area contributed by atoms with Crippen molar-refractivity contribution in [3.8, 4) is 0 Å². The molecule has 0 unspecified atom stereocenters. The molecular formula is C15H20BrN3O2. The molecule has 0 aliphatic carbocycles. The average Bonchev–Trinajstić information content (AvgIpc) is 2.45. The Morgan fingerprint density at radius 3 is 2.62 bits per heavy atom. The fourth-order valence-corrected chi connectivity index (χ4v) is 3.26. The lowest BCUT2D eigenvalue weighted by atomic mass is 10.0. The summed E-state index contributed by atoms with van der Waals surface area (Å²) in [7, 11) is 0. The number of amides is 2. The summed E-state index contributed by atoms with van der Waals surface area (Å²) in [4.78, 5) is 25.7. The van der Waals surface area contributed by atoms with Gasteiger partial charge in [-0.1, -0.05) is 6.07 Å². The van der Waals surface area contributed by atoms with Crippen molar-refractivity contribution in [3.05, 3.63) is 33.8 Å². The molecule has 0 radical (unpaired) electrons. The van der Waals surface area contributed by atoms with E-state index in [1.165, 1.54) is 0 Å². The van der Waals surface area contributed by atoms with Gasteiger partial charge in [0, 0.05) is 10.5 Å². The Balaban J connectivity index is 2.26. The molecule has 0 atom stereocenters. The first-order chi connectivity index (χ1) is 9.99. The zero-order chi connectivity index (χ0) is 15.4. The molecule has 1 aromatic carbocycles. The summed E-state index contributed by atoms with van der Waals surface area (Å²) >= 11 is 3.43. The number of hydrogen-bond acceptors (Lipinski definition) is 3. The van der Waals surface area contributed by atoms with Gasteiger partial charge >= 0.3 is 0 Å². The van der Waals surface area contributed by atoms with Crippen LogP contribution in [-0.4, -0.2) is 42.4 Å². The smallest absolute Gasteiger partial charge is 0.255 e. The van der Waals surface area contributed by atoms with Gasteiger partial charge in [-0.3, -0.25) is 9.59 Å². The summed E-state index contributed by atoms with van der Waals surface area (Å²) in [5.41, 5.74) is 6.96. The number of primary amides is 1. The summed E-state index contributed by atoms with van der Waals surface area (Å²) in [6, 6.07) is 5.64. The number of aryl methyl sites for hydroxylation is 1. The summed E-state index contributed by atoms with van der Waals surface area (Å²) in [5.74, 6) is -0.627. The van der Waals surface area contributed by atoms with Crippen LogP contribution >= 0.6 is 15.9 Å². The van der Waals surface area contributed by atoms with E-state index < -0.39 is 5.91 Å². The van der Waals surface area contributed by atoms with Crippen LogP contribution in [0.4, 0.5) is 0 Å². The Labute approximate surface area is 133 Å². The summed E-state index contributed by atoms with van der Waals surface area (Å²) in [6.45, 7) is 3.63. The highest BCUT2D eigenvalue weighted by Gasteiger charge is 2.28. The second-order valence-corrected chi connectivity index (χ2v) is 6.22. The first kappa shape index (κ1) is 16.0. The van der Waals surface area contributed by atoms with Crippen LogP contribution in [0.3, 0.4) is 0 Å². The van der Waals surface area contributed by atoms with Gasteiger partial charge in [-0.2, -0.15) is 0 Å². The van der Waals surface area contributed by atoms with E-state index in [1.54, 1.807) is 11.0 Å². The molecule has 1 heterocycles. The van der Waals surface area contributed by atoms with Gasteiger partial charge in [0.1, 0.15) is 0 Å². The van der Waals surface area contributed by atoms with E-state index in [2.05, 4.69) is 21.2 Å². The highest BCUT2D eigenvalue weighted by molar-refractivity contribution is 9.10. The lowest BCUT2D eigenvalue weighted by molar-refractivity contribution is -0.119. The van der Waals surface area contributed by atoms with Crippen LogP contribution in [0.5, 0.6) is 0 Å². The van der Waals surface area contributed by atoms with Gasteiger partial charge in [0.05, 0.1) is 12.1 Å². The van der Waals surface area contributed by atoms with Crippen LogP contribution in [0.15, 0.2) is 22.7 Å². The molecule has 2 amide bonds. The lowest BCUT2D eigenvalue weighted by Crippen LogP contribution is -2.49. The van der Waals surface area contributed by atoms with Crippen LogP contribution < -0.4 is 11.1 Å². The van der Waals surface area contributed by atoms with Crippen molar-refractivity contribution in [2.75, 3.05) is 19.6 Å². The lowest BCUT2D eigenvalue weighted by Gasteiger charge is -2.34. The first-order valence-corrected chi connectivity index (χ1v) is 7.84.